The van der Waals surface area contributed by atoms with E-state index < -0.39 is 10.8 Å². The minimum Gasteiger partial charge on any atom is -0.350 e. The van der Waals surface area contributed by atoms with Gasteiger partial charge in [-0.15, -0.1) is 0 Å². The van der Waals surface area contributed by atoms with E-state index in [9.17, 15) is 9.00 Å². The molecule has 4 nitrogen and oxygen atoms in total. The van der Waals surface area contributed by atoms with Crippen molar-refractivity contribution in [2.24, 2.45) is 0 Å². The summed E-state index contributed by atoms with van der Waals surface area (Å²) in [5.41, 5.74) is 1.78. The molecule has 20 heavy (non-hydrogen) atoms. The number of nitrogens with one attached hydrogen (secondary N) is 2. The van der Waals surface area contributed by atoms with Gasteiger partial charge in [0.05, 0.1) is 0 Å². The molecule has 0 spiro atoms. The summed E-state index contributed by atoms with van der Waals surface area (Å²) in [6, 6.07) is 7.70. The predicted molar refractivity (Wildman–Crippen MR) is 84.6 cm³/mol. The van der Waals surface area contributed by atoms with Crippen LogP contribution in [-0.2, 0) is 17.2 Å². The Kier molecular flexibility index (Phi) is 7.47. The third kappa shape index (κ3) is 5.84. The largest absolute Gasteiger partial charge is 0.350 e. The van der Waals surface area contributed by atoms with Crippen molar-refractivity contribution in [3.63, 3.8) is 0 Å². The van der Waals surface area contributed by atoms with Gasteiger partial charge in [-0.2, -0.15) is 0 Å². The van der Waals surface area contributed by atoms with Gasteiger partial charge in [0.25, 0.3) is 5.91 Å². The Balaban J connectivity index is 2.64. The van der Waals surface area contributed by atoms with E-state index in [0.717, 1.165) is 30.5 Å². The predicted octanol–water partition coefficient (Wildman–Crippen LogP) is 1.34. The van der Waals surface area contributed by atoms with Crippen molar-refractivity contribution < 1.29 is 9.00 Å². The number of benzene rings is 1. The Morgan fingerprint density at radius 1 is 1.35 bits per heavy atom. The molecule has 0 saturated heterocycles. The lowest BCUT2D eigenvalue weighted by atomic mass is 10.0. The first-order valence-electron chi connectivity index (χ1n) is 6.88. The Labute approximate surface area is 123 Å². The molecule has 0 bridgehead atoms. The van der Waals surface area contributed by atoms with Crippen LogP contribution in [-0.4, -0.2) is 41.8 Å². The van der Waals surface area contributed by atoms with Gasteiger partial charge in [0, 0.05) is 34.4 Å². The van der Waals surface area contributed by atoms with Gasteiger partial charge in [-0.05, 0) is 45.0 Å². The molecule has 1 amide bonds. The molecule has 0 aromatic heterocycles. The first kappa shape index (κ1) is 16.9. The Hall–Kier alpha value is -1.20. The van der Waals surface area contributed by atoms with Crippen molar-refractivity contribution in [1.29, 1.82) is 0 Å². The van der Waals surface area contributed by atoms with E-state index in [0.29, 0.717) is 5.75 Å². The summed E-state index contributed by atoms with van der Waals surface area (Å²) in [5.74, 6) is 0.564. The van der Waals surface area contributed by atoms with Crippen molar-refractivity contribution in [1.82, 2.24) is 10.6 Å². The summed E-state index contributed by atoms with van der Waals surface area (Å²) in [4.78, 5) is 12.3. The summed E-state index contributed by atoms with van der Waals surface area (Å²) in [6.45, 7) is 2.79. The SMILES string of the molecule is CNCCc1ccccc1C(=O)NC(C)CCS(C)=O. The van der Waals surface area contributed by atoms with Gasteiger partial charge in [0.15, 0.2) is 0 Å². The van der Waals surface area contributed by atoms with Gasteiger partial charge >= 0.3 is 0 Å². The molecule has 0 aliphatic rings. The second-order valence-corrected chi connectivity index (χ2v) is 6.51. The average molecular weight is 296 g/mol. The number of carbonyl (C=O) groups is 1. The van der Waals surface area contributed by atoms with Crippen LogP contribution in [0.25, 0.3) is 0 Å². The topological polar surface area (TPSA) is 58.2 Å². The average Bonchev–Trinajstić information content (AvgIpc) is 2.43. The number of hydrogen-bond donors (Lipinski definition) is 2. The standard InChI is InChI=1S/C15H24N2O2S/c1-12(9-11-20(3)19)17-15(18)14-7-5-4-6-13(14)8-10-16-2/h4-7,12,16H,8-11H2,1-3H3,(H,17,18). The Morgan fingerprint density at radius 3 is 2.70 bits per heavy atom. The van der Waals surface area contributed by atoms with Crippen molar-refractivity contribution >= 4 is 16.7 Å². The fourth-order valence-electron chi connectivity index (χ4n) is 1.94. The van der Waals surface area contributed by atoms with E-state index in [4.69, 9.17) is 0 Å². The van der Waals surface area contributed by atoms with Gasteiger partial charge < -0.3 is 10.6 Å². The van der Waals surface area contributed by atoms with Gasteiger partial charge in [-0.3, -0.25) is 9.00 Å². The molecule has 0 radical (unpaired) electrons. The van der Waals surface area contributed by atoms with Crippen LogP contribution in [0.2, 0.25) is 0 Å². The van der Waals surface area contributed by atoms with Crippen LogP contribution in [0.5, 0.6) is 0 Å². The third-order valence-electron chi connectivity index (χ3n) is 3.12. The molecule has 2 atom stereocenters. The monoisotopic (exact) mass is 296 g/mol. The molecular formula is C15H24N2O2S. The fourth-order valence-corrected chi connectivity index (χ4v) is 2.62. The maximum Gasteiger partial charge on any atom is 0.251 e. The molecule has 1 aromatic rings. The molecular weight excluding hydrogens is 272 g/mol. The van der Waals surface area contributed by atoms with Crippen LogP contribution in [0.1, 0.15) is 29.3 Å². The summed E-state index contributed by atoms with van der Waals surface area (Å²) in [5, 5.41) is 6.06. The quantitative estimate of drug-likeness (QED) is 0.761. The van der Waals surface area contributed by atoms with Crippen molar-refractivity contribution in [2.75, 3.05) is 25.6 Å². The maximum atomic E-state index is 12.3. The summed E-state index contributed by atoms with van der Waals surface area (Å²) in [7, 11) is 1.08. The molecule has 1 rings (SSSR count). The van der Waals surface area contributed by atoms with Crippen molar-refractivity contribution in [2.45, 2.75) is 25.8 Å². The highest BCUT2D eigenvalue weighted by Gasteiger charge is 2.13. The molecule has 2 unspecified atom stereocenters. The highest BCUT2D eigenvalue weighted by Crippen LogP contribution is 2.10. The van der Waals surface area contributed by atoms with E-state index in [-0.39, 0.29) is 11.9 Å². The first-order valence-corrected chi connectivity index (χ1v) is 8.60. The van der Waals surface area contributed by atoms with Gasteiger partial charge in [0.2, 0.25) is 0 Å². The zero-order valence-electron chi connectivity index (χ0n) is 12.4. The minimum absolute atomic E-state index is 0.0313. The van der Waals surface area contributed by atoms with Crippen LogP contribution in [0.3, 0.4) is 0 Å². The first-order chi connectivity index (χ1) is 9.54. The van der Waals surface area contributed by atoms with E-state index in [1.807, 2.05) is 38.2 Å². The smallest absolute Gasteiger partial charge is 0.251 e. The Morgan fingerprint density at radius 2 is 2.05 bits per heavy atom. The highest BCUT2D eigenvalue weighted by atomic mass is 32.2. The number of carbonyl (C=O) groups excluding carboxylic acids is 1. The number of likely N-dealkylation sites (N-methyl/N-ethyl adjacent to an activating group) is 1. The van der Waals surface area contributed by atoms with Crippen LogP contribution >= 0.6 is 0 Å². The normalized spacial score (nSPS) is 13.8. The second-order valence-electron chi connectivity index (χ2n) is 4.95. The molecule has 0 fully saturated rings. The second kappa shape index (κ2) is 8.87. The molecule has 0 saturated carbocycles. The lowest BCUT2D eigenvalue weighted by Crippen LogP contribution is -2.34. The maximum absolute atomic E-state index is 12.3. The Bertz CT molecular complexity index is 463. The van der Waals surface area contributed by atoms with Crippen LogP contribution in [0.4, 0.5) is 0 Å². The van der Waals surface area contributed by atoms with Gasteiger partial charge in [0.1, 0.15) is 0 Å². The number of amides is 1. The summed E-state index contributed by atoms with van der Waals surface area (Å²) < 4.78 is 11.1. The van der Waals surface area contributed by atoms with Crippen molar-refractivity contribution in [3.05, 3.63) is 35.4 Å². The third-order valence-corrected chi connectivity index (χ3v) is 3.93. The molecule has 5 heteroatoms. The van der Waals surface area contributed by atoms with Crippen LogP contribution in [0.15, 0.2) is 24.3 Å². The molecule has 0 aliphatic heterocycles. The molecule has 0 heterocycles. The molecule has 1 aromatic carbocycles. The lowest BCUT2D eigenvalue weighted by molar-refractivity contribution is 0.0938. The zero-order valence-corrected chi connectivity index (χ0v) is 13.3. The lowest BCUT2D eigenvalue weighted by Gasteiger charge is -2.15. The molecule has 0 aliphatic carbocycles. The molecule has 2 N–H and O–H groups in total. The minimum atomic E-state index is -0.814. The van der Waals surface area contributed by atoms with Gasteiger partial charge in [-0.25, -0.2) is 0 Å². The van der Waals surface area contributed by atoms with E-state index >= 15 is 0 Å². The van der Waals surface area contributed by atoms with Crippen molar-refractivity contribution in [3.8, 4) is 0 Å². The zero-order chi connectivity index (χ0) is 15.0. The molecule has 112 valence electrons. The number of rotatable bonds is 8. The van der Waals surface area contributed by atoms with E-state index in [1.54, 1.807) is 6.26 Å². The summed E-state index contributed by atoms with van der Waals surface area (Å²) >= 11 is 0. The number of hydrogen-bond acceptors (Lipinski definition) is 3. The van der Waals surface area contributed by atoms with Crippen LogP contribution in [0, 0.1) is 0 Å². The van der Waals surface area contributed by atoms with E-state index in [2.05, 4.69) is 10.6 Å². The van der Waals surface area contributed by atoms with Crippen LogP contribution < -0.4 is 10.6 Å². The highest BCUT2D eigenvalue weighted by molar-refractivity contribution is 7.84. The van der Waals surface area contributed by atoms with E-state index in [1.165, 1.54) is 0 Å². The fraction of sp³-hybridized carbons (Fsp3) is 0.533. The van der Waals surface area contributed by atoms with Gasteiger partial charge in [-0.1, -0.05) is 18.2 Å². The summed E-state index contributed by atoms with van der Waals surface area (Å²) in [6.07, 6.45) is 3.24.